The maximum atomic E-state index is 11.4. The summed E-state index contributed by atoms with van der Waals surface area (Å²) in [6.45, 7) is 6.03. The van der Waals surface area contributed by atoms with E-state index in [1.165, 1.54) is 0 Å². The predicted molar refractivity (Wildman–Crippen MR) is 126 cm³/mol. The van der Waals surface area contributed by atoms with E-state index in [0.29, 0.717) is 5.56 Å². The minimum absolute atomic E-state index is 0.0550. The molecule has 3 aromatic carbocycles. The summed E-state index contributed by atoms with van der Waals surface area (Å²) in [4.78, 5) is 25.4. The molecule has 0 saturated carbocycles. The van der Waals surface area contributed by atoms with E-state index in [1.807, 2.05) is 32.0 Å². The van der Waals surface area contributed by atoms with Crippen LogP contribution < -0.4 is 9.47 Å². The van der Waals surface area contributed by atoms with E-state index in [0.717, 1.165) is 35.0 Å². The van der Waals surface area contributed by atoms with E-state index < -0.39 is 21.2 Å². The van der Waals surface area contributed by atoms with Crippen LogP contribution in [0.2, 0.25) is 5.02 Å². The largest absolute Gasteiger partial charge is 0.490 e. The third kappa shape index (κ3) is 5.45. The summed E-state index contributed by atoms with van der Waals surface area (Å²) >= 11 is 6.43. The van der Waals surface area contributed by atoms with Crippen molar-refractivity contribution in [1.82, 2.24) is 0 Å². The molecule has 10 heteroatoms. The number of nitro groups is 2. The maximum absolute atomic E-state index is 11.4. The summed E-state index contributed by atoms with van der Waals surface area (Å²) in [6, 6.07) is 12.1. The SMILES string of the molecule is CCOc1cc(C=Nc2cccc(C)c2C)cc(Cl)c1Oc1ccc([N+](=O)[O-])cc1[N+](=O)[O-]. The molecule has 0 aromatic heterocycles. The molecule has 9 nitrogen and oxygen atoms in total. The Labute approximate surface area is 194 Å². The highest BCUT2D eigenvalue weighted by Gasteiger charge is 2.23. The highest BCUT2D eigenvalue weighted by atomic mass is 35.5. The summed E-state index contributed by atoms with van der Waals surface area (Å²) in [6.07, 6.45) is 1.63. The lowest BCUT2D eigenvalue weighted by molar-refractivity contribution is -0.394. The fraction of sp³-hybridized carbons (Fsp3) is 0.174. The number of aryl methyl sites for hydroxylation is 1. The molecule has 0 aliphatic heterocycles. The minimum atomic E-state index is -0.762. The summed E-state index contributed by atoms with van der Waals surface area (Å²) in [5.74, 6) is 0.102. The van der Waals surface area contributed by atoms with Crippen molar-refractivity contribution in [2.45, 2.75) is 20.8 Å². The molecule has 170 valence electrons. The first-order chi connectivity index (χ1) is 15.7. The zero-order valence-corrected chi connectivity index (χ0v) is 18.8. The molecular formula is C23H20ClN3O6. The van der Waals surface area contributed by atoms with Crippen LogP contribution >= 0.6 is 11.6 Å². The molecule has 3 aromatic rings. The standard InChI is InChI=1S/C23H20ClN3O6/c1-4-32-22-11-16(13-25-19-7-5-6-14(2)15(19)3)10-18(24)23(22)33-21-9-8-17(26(28)29)12-20(21)27(30)31/h5-13H,4H2,1-3H3. The lowest BCUT2D eigenvalue weighted by Gasteiger charge is -2.14. The maximum Gasteiger partial charge on any atom is 0.318 e. The van der Waals surface area contributed by atoms with Crippen LogP contribution in [0.3, 0.4) is 0 Å². The molecule has 0 aliphatic rings. The van der Waals surface area contributed by atoms with E-state index in [9.17, 15) is 20.2 Å². The number of nitro benzene ring substituents is 2. The van der Waals surface area contributed by atoms with Crippen LogP contribution in [-0.2, 0) is 0 Å². The first-order valence-electron chi connectivity index (χ1n) is 9.88. The topological polar surface area (TPSA) is 117 Å². The van der Waals surface area contributed by atoms with Gasteiger partial charge in [0.1, 0.15) is 0 Å². The van der Waals surface area contributed by atoms with Crippen molar-refractivity contribution in [3.05, 3.63) is 90.5 Å². The zero-order valence-electron chi connectivity index (χ0n) is 18.1. The Bertz CT molecular complexity index is 1260. The van der Waals surface area contributed by atoms with Crippen molar-refractivity contribution in [3.8, 4) is 17.2 Å². The van der Waals surface area contributed by atoms with Gasteiger partial charge >= 0.3 is 5.69 Å². The highest BCUT2D eigenvalue weighted by Crippen LogP contribution is 2.42. The van der Waals surface area contributed by atoms with Crippen LogP contribution in [0.5, 0.6) is 17.2 Å². The van der Waals surface area contributed by atoms with Crippen LogP contribution in [0.4, 0.5) is 17.1 Å². The second-order valence-electron chi connectivity index (χ2n) is 7.01. The van der Waals surface area contributed by atoms with E-state index in [2.05, 4.69) is 4.99 Å². The molecule has 0 amide bonds. The second-order valence-corrected chi connectivity index (χ2v) is 7.42. The molecule has 0 aliphatic carbocycles. The average molecular weight is 470 g/mol. The average Bonchev–Trinajstić information content (AvgIpc) is 2.77. The van der Waals surface area contributed by atoms with Gasteiger partial charge in [-0.05, 0) is 61.7 Å². The van der Waals surface area contributed by atoms with Crippen molar-refractivity contribution in [2.75, 3.05) is 6.61 Å². The number of hydrogen-bond acceptors (Lipinski definition) is 7. The second kappa shape index (κ2) is 10.1. The minimum Gasteiger partial charge on any atom is -0.490 e. The van der Waals surface area contributed by atoms with Gasteiger partial charge in [0.25, 0.3) is 5.69 Å². The van der Waals surface area contributed by atoms with Crippen LogP contribution in [0.15, 0.2) is 53.5 Å². The van der Waals surface area contributed by atoms with Gasteiger partial charge in [-0.25, -0.2) is 0 Å². The Kier molecular flexibility index (Phi) is 7.24. The van der Waals surface area contributed by atoms with Gasteiger partial charge < -0.3 is 9.47 Å². The molecule has 0 spiro atoms. The molecule has 3 rings (SSSR count). The van der Waals surface area contributed by atoms with Crippen molar-refractivity contribution >= 4 is 34.9 Å². The third-order valence-electron chi connectivity index (χ3n) is 4.82. The van der Waals surface area contributed by atoms with Crippen LogP contribution in [0.1, 0.15) is 23.6 Å². The van der Waals surface area contributed by atoms with Gasteiger partial charge in [-0.2, -0.15) is 0 Å². The number of non-ortho nitro benzene ring substituents is 1. The van der Waals surface area contributed by atoms with Crippen molar-refractivity contribution in [1.29, 1.82) is 0 Å². The number of rotatable bonds is 8. The molecule has 0 N–H and O–H groups in total. The Balaban J connectivity index is 2.00. The van der Waals surface area contributed by atoms with Crippen LogP contribution in [0, 0.1) is 34.1 Å². The summed E-state index contributed by atoms with van der Waals surface area (Å²) in [5, 5.41) is 22.5. The van der Waals surface area contributed by atoms with E-state index in [4.69, 9.17) is 21.1 Å². The molecule has 0 saturated heterocycles. The third-order valence-corrected chi connectivity index (χ3v) is 5.10. The lowest BCUT2D eigenvalue weighted by Crippen LogP contribution is -2.00. The van der Waals surface area contributed by atoms with Gasteiger partial charge in [-0.1, -0.05) is 23.7 Å². The predicted octanol–water partition coefficient (Wildman–Crippen LogP) is 6.71. The molecule has 0 fully saturated rings. The molecule has 33 heavy (non-hydrogen) atoms. The van der Waals surface area contributed by atoms with Crippen molar-refractivity contribution in [2.24, 2.45) is 4.99 Å². The number of hydrogen-bond donors (Lipinski definition) is 0. The quantitative estimate of drug-likeness (QED) is 0.205. The van der Waals surface area contributed by atoms with Gasteiger partial charge in [0, 0.05) is 12.3 Å². The smallest absolute Gasteiger partial charge is 0.318 e. The lowest BCUT2D eigenvalue weighted by atomic mass is 10.1. The van der Waals surface area contributed by atoms with Crippen LogP contribution in [-0.4, -0.2) is 22.7 Å². The Morgan fingerprint density at radius 1 is 1.03 bits per heavy atom. The molecular weight excluding hydrogens is 450 g/mol. The van der Waals surface area contributed by atoms with E-state index in [1.54, 1.807) is 25.3 Å². The first-order valence-corrected chi connectivity index (χ1v) is 10.3. The van der Waals surface area contributed by atoms with Gasteiger partial charge in [-0.3, -0.25) is 25.2 Å². The number of halogens is 1. The summed E-state index contributed by atoms with van der Waals surface area (Å²) in [5.41, 5.74) is 2.62. The van der Waals surface area contributed by atoms with Gasteiger partial charge in [0.2, 0.25) is 5.75 Å². The number of nitrogens with zero attached hydrogens (tertiary/aromatic N) is 3. The Morgan fingerprint density at radius 2 is 1.79 bits per heavy atom. The molecule has 0 unspecified atom stereocenters. The van der Waals surface area contributed by atoms with Crippen LogP contribution in [0.25, 0.3) is 0 Å². The fourth-order valence-electron chi connectivity index (χ4n) is 3.00. The normalized spacial score (nSPS) is 10.9. The number of ether oxygens (including phenoxy) is 2. The zero-order chi connectivity index (χ0) is 24.1. The number of aliphatic imine (C=N–C) groups is 1. The monoisotopic (exact) mass is 469 g/mol. The molecule has 0 radical (unpaired) electrons. The first kappa shape index (κ1) is 23.7. The van der Waals surface area contributed by atoms with E-state index >= 15 is 0 Å². The summed E-state index contributed by atoms with van der Waals surface area (Å²) < 4.78 is 11.3. The van der Waals surface area contributed by atoms with Gasteiger partial charge in [0.15, 0.2) is 11.5 Å². The van der Waals surface area contributed by atoms with E-state index in [-0.39, 0.29) is 28.9 Å². The summed E-state index contributed by atoms with van der Waals surface area (Å²) in [7, 11) is 0. The fourth-order valence-corrected chi connectivity index (χ4v) is 3.26. The van der Waals surface area contributed by atoms with Crippen molar-refractivity contribution in [3.63, 3.8) is 0 Å². The molecule has 0 bridgehead atoms. The Hall–Kier alpha value is -3.98. The number of benzene rings is 3. The molecule has 0 heterocycles. The van der Waals surface area contributed by atoms with Gasteiger partial charge in [0.05, 0.1) is 33.2 Å². The van der Waals surface area contributed by atoms with Crippen molar-refractivity contribution < 1.29 is 19.3 Å². The Morgan fingerprint density at radius 3 is 2.45 bits per heavy atom. The molecule has 0 atom stereocenters. The highest BCUT2D eigenvalue weighted by molar-refractivity contribution is 6.32. The van der Waals surface area contributed by atoms with Gasteiger partial charge in [-0.15, -0.1) is 0 Å².